The van der Waals surface area contributed by atoms with Gasteiger partial charge in [-0.05, 0) is 13.3 Å². The summed E-state index contributed by atoms with van der Waals surface area (Å²) < 4.78 is 26.5. The molecular weight excluding hydrogens is 290 g/mol. The van der Waals surface area contributed by atoms with Crippen molar-refractivity contribution < 1.29 is 27.9 Å². The number of sulfonamides is 1. The van der Waals surface area contributed by atoms with Crippen LogP contribution >= 0.6 is 0 Å². The maximum Gasteiger partial charge on any atom is 0.315 e. The number of aliphatic carboxylic acids is 1. The molecule has 1 heterocycles. The van der Waals surface area contributed by atoms with Gasteiger partial charge in [0.05, 0.1) is 25.0 Å². The van der Waals surface area contributed by atoms with Crippen molar-refractivity contribution in [3.63, 3.8) is 0 Å². The molecule has 1 fully saturated rings. The molecule has 20 heavy (non-hydrogen) atoms. The highest BCUT2D eigenvalue weighted by molar-refractivity contribution is 7.89. The first kappa shape index (κ1) is 16.7. The van der Waals surface area contributed by atoms with Crippen molar-refractivity contribution in [2.24, 2.45) is 10.6 Å². The van der Waals surface area contributed by atoms with Gasteiger partial charge in [-0.3, -0.25) is 4.79 Å². The van der Waals surface area contributed by atoms with Crippen molar-refractivity contribution in [2.75, 3.05) is 25.5 Å². The van der Waals surface area contributed by atoms with Crippen LogP contribution in [0.5, 0.6) is 0 Å². The van der Waals surface area contributed by atoms with Crippen LogP contribution in [0.4, 0.5) is 4.79 Å². The van der Waals surface area contributed by atoms with Crippen LogP contribution in [-0.2, 0) is 19.6 Å². The summed E-state index contributed by atoms with van der Waals surface area (Å²) in [6.07, 6.45) is 0.184. The lowest BCUT2D eigenvalue weighted by atomic mass is 9.85. The van der Waals surface area contributed by atoms with E-state index in [0.717, 1.165) is 0 Å². The Bertz CT molecular complexity index is 479. The van der Waals surface area contributed by atoms with Crippen LogP contribution in [0.15, 0.2) is 0 Å². The molecule has 2 amide bonds. The quantitative estimate of drug-likeness (QED) is 0.437. The average Bonchev–Trinajstić information content (AvgIpc) is 2.67. The van der Waals surface area contributed by atoms with Gasteiger partial charge in [0.25, 0.3) is 0 Å². The number of carbonyl (C=O) groups excluding carboxylic acids is 1. The maximum atomic E-state index is 11.6. The monoisotopic (exact) mass is 309 g/mol. The molecule has 0 radical (unpaired) electrons. The van der Waals surface area contributed by atoms with Crippen molar-refractivity contribution >= 4 is 22.0 Å². The molecular formula is C10H19N3O6S. The number of nitrogens with two attached hydrogens (primary N) is 1. The van der Waals surface area contributed by atoms with Gasteiger partial charge in [-0.25, -0.2) is 18.4 Å². The molecule has 10 heteroatoms. The van der Waals surface area contributed by atoms with Crippen LogP contribution in [0.1, 0.15) is 13.3 Å². The number of carboxylic acid groups (broad SMARTS) is 1. The third-order valence-electron chi connectivity index (χ3n) is 3.14. The van der Waals surface area contributed by atoms with E-state index in [2.05, 4.69) is 10.6 Å². The van der Waals surface area contributed by atoms with Crippen LogP contribution in [0, 0.1) is 5.41 Å². The highest BCUT2D eigenvalue weighted by Crippen LogP contribution is 2.28. The Hall–Kier alpha value is -1.39. The Morgan fingerprint density at radius 1 is 1.50 bits per heavy atom. The molecule has 5 N–H and O–H groups in total. The van der Waals surface area contributed by atoms with E-state index in [0.29, 0.717) is 0 Å². The zero-order valence-corrected chi connectivity index (χ0v) is 11.9. The molecule has 116 valence electrons. The van der Waals surface area contributed by atoms with Crippen molar-refractivity contribution in [2.45, 2.75) is 19.4 Å². The Labute approximate surface area is 116 Å². The number of nitrogens with one attached hydrogen (secondary N) is 2. The predicted octanol–water partition coefficient (Wildman–Crippen LogP) is -1.55. The number of primary sulfonamides is 1. The standard InChI is InChI=1S/C10H19N3O6S/c1-10(8(14)15)6-19-5-7(10)13-9(16)12-3-2-4-20(11,17)18/h7H,2-6H2,1H3,(H,14,15)(H2,11,17,18)(H2,12,13,16). The second-order valence-corrected chi connectivity index (χ2v) is 6.65. The summed E-state index contributed by atoms with van der Waals surface area (Å²) in [4.78, 5) is 22.7. The Kier molecular flexibility index (Phi) is 5.31. The van der Waals surface area contributed by atoms with E-state index < -0.39 is 33.5 Å². The Morgan fingerprint density at radius 3 is 2.70 bits per heavy atom. The number of hydrogen-bond acceptors (Lipinski definition) is 5. The summed E-state index contributed by atoms with van der Waals surface area (Å²) in [7, 11) is -3.54. The number of rotatable bonds is 6. The lowest BCUT2D eigenvalue weighted by molar-refractivity contribution is -0.148. The molecule has 0 aliphatic carbocycles. The average molecular weight is 309 g/mol. The van der Waals surface area contributed by atoms with Gasteiger partial charge in [0, 0.05) is 6.54 Å². The minimum Gasteiger partial charge on any atom is -0.481 e. The highest BCUT2D eigenvalue weighted by Gasteiger charge is 2.47. The fourth-order valence-corrected chi connectivity index (χ4v) is 2.32. The second kappa shape index (κ2) is 6.37. The molecule has 1 rings (SSSR count). The lowest BCUT2D eigenvalue weighted by Gasteiger charge is -2.25. The van der Waals surface area contributed by atoms with Crippen molar-refractivity contribution in [1.82, 2.24) is 10.6 Å². The molecule has 1 aliphatic rings. The summed E-state index contributed by atoms with van der Waals surface area (Å²) in [5.41, 5.74) is -1.17. The van der Waals surface area contributed by atoms with E-state index in [4.69, 9.17) is 15.0 Å². The maximum absolute atomic E-state index is 11.6. The number of ether oxygens (including phenoxy) is 1. The summed E-state index contributed by atoms with van der Waals surface area (Å²) >= 11 is 0. The largest absolute Gasteiger partial charge is 0.481 e. The van der Waals surface area contributed by atoms with Crippen molar-refractivity contribution in [1.29, 1.82) is 0 Å². The zero-order valence-electron chi connectivity index (χ0n) is 11.1. The fourth-order valence-electron chi connectivity index (χ4n) is 1.77. The normalized spacial score (nSPS) is 26.2. The highest BCUT2D eigenvalue weighted by atomic mass is 32.2. The van der Waals surface area contributed by atoms with E-state index in [9.17, 15) is 18.0 Å². The molecule has 2 atom stereocenters. The third-order valence-corrected chi connectivity index (χ3v) is 4.00. The summed E-state index contributed by atoms with van der Waals surface area (Å²) in [5, 5.41) is 18.9. The van der Waals surface area contributed by atoms with Crippen LogP contribution in [0.25, 0.3) is 0 Å². The van der Waals surface area contributed by atoms with Crippen LogP contribution in [0.3, 0.4) is 0 Å². The van der Waals surface area contributed by atoms with Gasteiger partial charge in [0.2, 0.25) is 10.0 Å². The number of urea groups is 1. The molecule has 0 saturated carbocycles. The van der Waals surface area contributed by atoms with Crippen LogP contribution in [-0.4, -0.2) is 57.1 Å². The van der Waals surface area contributed by atoms with Crippen molar-refractivity contribution in [3.05, 3.63) is 0 Å². The zero-order chi connectivity index (χ0) is 15.4. The third kappa shape index (κ3) is 4.62. The summed E-state index contributed by atoms with van der Waals surface area (Å²) in [6, 6.07) is -1.21. The van der Waals surface area contributed by atoms with Gasteiger partial charge in [0.1, 0.15) is 5.41 Å². The van der Waals surface area contributed by atoms with Gasteiger partial charge in [-0.1, -0.05) is 0 Å². The first-order valence-electron chi connectivity index (χ1n) is 6.01. The van der Waals surface area contributed by atoms with E-state index in [1.54, 1.807) is 0 Å². The van der Waals surface area contributed by atoms with E-state index in [-0.39, 0.29) is 31.9 Å². The lowest BCUT2D eigenvalue weighted by Crippen LogP contribution is -2.52. The molecule has 2 unspecified atom stereocenters. The van der Waals surface area contributed by atoms with Crippen molar-refractivity contribution in [3.8, 4) is 0 Å². The van der Waals surface area contributed by atoms with E-state index in [1.165, 1.54) is 6.92 Å². The molecule has 0 aromatic heterocycles. The predicted molar refractivity (Wildman–Crippen MR) is 69.5 cm³/mol. The minimum absolute atomic E-state index is 0.0265. The number of amides is 2. The van der Waals surface area contributed by atoms with E-state index >= 15 is 0 Å². The Balaban J connectivity index is 2.37. The molecule has 0 aromatic carbocycles. The SMILES string of the molecule is CC1(C(=O)O)COCC1NC(=O)NCCCS(N)(=O)=O. The van der Waals surface area contributed by atoms with Crippen LogP contribution in [0.2, 0.25) is 0 Å². The minimum atomic E-state index is -3.54. The van der Waals surface area contributed by atoms with Gasteiger partial charge in [0.15, 0.2) is 0 Å². The Morgan fingerprint density at radius 2 is 2.15 bits per heavy atom. The molecule has 9 nitrogen and oxygen atoms in total. The fraction of sp³-hybridized carbons (Fsp3) is 0.800. The van der Waals surface area contributed by atoms with Gasteiger partial charge in [-0.15, -0.1) is 0 Å². The van der Waals surface area contributed by atoms with E-state index in [1.807, 2.05) is 0 Å². The number of hydrogen-bond donors (Lipinski definition) is 4. The van der Waals surface area contributed by atoms with Gasteiger partial charge in [-0.2, -0.15) is 0 Å². The van der Waals surface area contributed by atoms with Gasteiger partial charge >= 0.3 is 12.0 Å². The molecule has 0 bridgehead atoms. The number of carboxylic acids is 1. The first-order chi connectivity index (χ1) is 9.15. The summed E-state index contributed by atoms with van der Waals surface area (Å²) in [6.45, 7) is 1.76. The molecule has 1 saturated heterocycles. The smallest absolute Gasteiger partial charge is 0.315 e. The first-order valence-corrected chi connectivity index (χ1v) is 7.73. The molecule has 1 aliphatic heterocycles. The molecule has 0 aromatic rings. The van der Waals surface area contributed by atoms with Gasteiger partial charge < -0.3 is 20.5 Å². The summed E-state index contributed by atoms with van der Waals surface area (Å²) in [5.74, 6) is -1.28. The van der Waals surface area contributed by atoms with Crippen LogP contribution < -0.4 is 15.8 Å². The second-order valence-electron chi connectivity index (χ2n) is 4.91. The molecule has 0 spiro atoms. The topological polar surface area (TPSA) is 148 Å². The number of carbonyl (C=O) groups is 2.